The van der Waals surface area contributed by atoms with Gasteiger partial charge in [-0.15, -0.1) is 0 Å². The van der Waals surface area contributed by atoms with Crippen molar-refractivity contribution in [2.24, 2.45) is 5.41 Å². The molecule has 1 heterocycles. The van der Waals surface area contributed by atoms with Gasteiger partial charge in [0.25, 0.3) is 5.41 Å². The maximum absolute atomic E-state index is 13.4. The van der Waals surface area contributed by atoms with Crippen LogP contribution < -0.4 is 0 Å². The number of unbranched alkanes of at least 4 members (excludes halogenated alkanes) is 3. The van der Waals surface area contributed by atoms with Crippen LogP contribution in [-0.4, -0.2) is 66.4 Å². The molecule has 0 aromatic rings. The van der Waals surface area contributed by atoms with Crippen LogP contribution in [0.15, 0.2) is 12.2 Å². The Bertz CT molecular complexity index is 620. The van der Waals surface area contributed by atoms with Crippen molar-refractivity contribution in [2.75, 3.05) is 26.4 Å². The molecule has 0 spiro atoms. The molecule has 0 saturated carbocycles. The Hall–Kier alpha value is -2.58. The van der Waals surface area contributed by atoms with E-state index in [2.05, 4.69) is 6.58 Å². The second-order valence-electron chi connectivity index (χ2n) is 7.97. The molecule has 1 amide bonds. The van der Waals surface area contributed by atoms with Gasteiger partial charge in [-0.1, -0.05) is 52.2 Å². The summed E-state index contributed by atoms with van der Waals surface area (Å²) < 4.78 is 16.0. The fraction of sp³-hybridized carbons (Fsp3) is 0.739. The van der Waals surface area contributed by atoms with Gasteiger partial charge in [-0.25, -0.2) is 4.79 Å². The van der Waals surface area contributed by atoms with Gasteiger partial charge in [0.2, 0.25) is 0 Å². The lowest BCUT2D eigenvalue weighted by atomic mass is 9.74. The summed E-state index contributed by atoms with van der Waals surface area (Å²) in [5, 5.41) is 9.79. The van der Waals surface area contributed by atoms with Gasteiger partial charge >= 0.3 is 24.0 Å². The zero-order chi connectivity index (χ0) is 24.1. The van der Waals surface area contributed by atoms with Crippen molar-refractivity contribution in [1.82, 2.24) is 4.90 Å². The second-order valence-corrected chi connectivity index (χ2v) is 7.97. The van der Waals surface area contributed by atoms with E-state index in [0.717, 1.165) is 24.2 Å². The number of hydrogen-bond donors (Lipinski definition) is 1. The summed E-state index contributed by atoms with van der Waals surface area (Å²) in [7, 11) is 0. The summed E-state index contributed by atoms with van der Waals surface area (Å²) in [5.74, 6) is -3.42. The Morgan fingerprint density at radius 2 is 1.31 bits per heavy atom. The minimum atomic E-state index is -2.57. The first-order valence-corrected chi connectivity index (χ1v) is 11.4. The van der Waals surface area contributed by atoms with Crippen LogP contribution in [0.5, 0.6) is 0 Å². The highest BCUT2D eigenvalue weighted by Gasteiger charge is 2.65. The highest BCUT2D eigenvalue weighted by Crippen LogP contribution is 2.39. The first-order valence-electron chi connectivity index (χ1n) is 11.4. The molecule has 0 aromatic heterocycles. The quantitative estimate of drug-likeness (QED) is 0.147. The highest BCUT2D eigenvalue weighted by atomic mass is 16.6. The van der Waals surface area contributed by atoms with Crippen molar-refractivity contribution in [3.63, 3.8) is 0 Å². The van der Waals surface area contributed by atoms with E-state index in [4.69, 9.17) is 14.2 Å². The van der Waals surface area contributed by atoms with Crippen LogP contribution in [-0.2, 0) is 28.6 Å². The summed E-state index contributed by atoms with van der Waals surface area (Å²) in [6, 6.07) is -1.36. The van der Waals surface area contributed by atoms with E-state index in [1.54, 1.807) is 0 Å². The fourth-order valence-electron chi connectivity index (χ4n) is 3.46. The van der Waals surface area contributed by atoms with Crippen molar-refractivity contribution in [2.45, 2.75) is 78.2 Å². The summed E-state index contributed by atoms with van der Waals surface area (Å²) in [6.07, 6.45) is 2.71. The zero-order valence-electron chi connectivity index (χ0n) is 19.5. The van der Waals surface area contributed by atoms with E-state index in [1.165, 1.54) is 0 Å². The van der Waals surface area contributed by atoms with Crippen LogP contribution in [0.1, 0.15) is 72.1 Å². The number of hydrogen-bond acceptors (Lipinski definition) is 7. The van der Waals surface area contributed by atoms with Gasteiger partial charge in [0.15, 0.2) is 0 Å². The Morgan fingerprint density at radius 3 is 1.66 bits per heavy atom. The van der Waals surface area contributed by atoms with Crippen LogP contribution in [0.4, 0.5) is 4.79 Å². The number of likely N-dealkylation sites (tertiary alicyclic amines) is 1. The van der Waals surface area contributed by atoms with Crippen molar-refractivity contribution in [3.8, 4) is 0 Å². The molecule has 1 saturated heterocycles. The van der Waals surface area contributed by atoms with Gasteiger partial charge in [0, 0.05) is 6.54 Å². The molecular weight excluding hydrogens is 418 g/mol. The molecule has 1 N–H and O–H groups in total. The summed E-state index contributed by atoms with van der Waals surface area (Å²) in [6.45, 7) is 9.56. The number of piperidine rings is 1. The number of nitrogens with zero attached hydrogens (tertiary/aromatic N) is 1. The SMILES string of the molecule is C=C1CCN(C(=O)O)C(C(C(=O)OCCCC)(C(=O)OCCCC)C(=O)OCCCC)C1. The molecule has 0 radical (unpaired) electrons. The lowest BCUT2D eigenvalue weighted by Crippen LogP contribution is -2.64. The third-order valence-electron chi connectivity index (χ3n) is 5.47. The average molecular weight is 456 g/mol. The van der Waals surface area contributed by atoms with Crippen molar-refractivity contribution >= 4 is 24.0 Å². The lowest BCUT2D eigenvalue weighted by molar-refractivity contribution is -0.190. The first kappa shape index (κ1) is 27.5. The monoisotopic (exact) mass is 455 g/mol. The van der Waals surface area contributed by atoms with Gasteiger partial charge in [-0.05, 0) is 32.1 Å². The number of esters is 3. The minimum Gasteiger partial charge on any atom is -0.465 e. The third kappa shape index (κ3) is 6.71. The Kier molecular flexibility index (Phi) is 11.8. The van der Waals surface area contributed by atoms with Crippen LogP contribution >= 0.6 is 0 Å². The minimum absolute atomic E-state index is 0.00664. The maximum Gasteiger partial charge on any atom is 0.407 e. The van der Waals surface area contributed by atoms with E-state index in [9.17, 15) is 24.3 Å². The van der Waals surface area contributed by atoms with Gasteiger partial charge < -0.3 is 24.2 Å². The highest BCUT2D eigenvalue weighted by molar-refractivity contribution is 6.19. The van der Waals surface area contributed by atoms with E-state index in [0.29, 0.717) is 31.3 Å². The molecule has 0 aromatic carbocycles. The predicted molar refractivity (Wildman–Crippen MR) is 117 cm³/mol. The van der Waals surface area contributed by atoms with Crippen molar-refractivity contribution in [3.05, 3.63) is 12.2 Å². The molecule has 1 rings (SSSR count). The van der Waals surface area contributed by atoms with Crippen molar-refractivity contribution < 1.29 is 38.5 Å². The summed E-state index contributed by atoms with van der Waals surface area (Å²) >= 11 is 0. The Labute approximate surface area is 190 Å². The third-order valence-corrected chi connectivity index (χ3v) is 5.47. The van der Waals surface area contributed by atoms with E-state index in [-0.39, 0.29) is 32.8 Å². The second kappa shape index (κ2) is 13.8. The molecular formula is C23H37NO8. The molecule has 32 heavy (non-hydrogen) atoms. The van der Waals surface area contributed by atoms with Gasteiger partial charge in [-0.3, -0.25) is 14.4 Å². The molecule has 9 nitrogen and oxygen atoms in total. The number of amides is 1. The number of carboxylic acid groups (broad SMARTS) is 1. The normalized spacial score (nSPS) is 16.4. The molecule has 0 bridgehead atoms. The van der Waals surface area contributed by atoms with E-state index in [1.807, 2.05) is 20.8 Å². The molecule has 1 fully saturated rings. The van der Waals surface area contributed by atoms with Crippen molar-refractivity contribution in [1.29, 1.82) is 0 Å². The van der Waals surface area contributed by atoms with Crippen LogP contribution in [0.3, 0.4) is 0 Å². The molecule has 9 heteroatoms. The molecule has 1 atom stereocenters. The molecule has 182 valence electrons. The lowest BCUT2D eigenvalue weighted by Gasteiger charge is -2.42. The maximum atomic E-state index is 13.4. The Morgan fingerprint density at radius 1 is 0.906 bits per heavy atom. The molecule has 1 unspecified atom stereocenters. The van der Waals surface area contributed by atoms with E-state index >= 15 is 0 Å². The number of rotatable bonds is 13. The topological polar surface area (TPSA) is 119 Å². The average Bonchev–Trinajstić information content (AvgIpc) is 2.74. The molecule has 1 aliphatic rings. The number of carbonyl (C=O) groups is 4. The number of ether oxygens (including phenoxy) is 3. The van der Waals surface area contributed by atoms with Gasteiger partial charge in [0.1, 0.15) is 0 Å². The largest absolute Gasteiger partial charge is 0.465 e. The smallest absolute Gasteiger partial charge is 0.407 e. The summed E-state index contributed by atoms with van der Waals surface area (Å²) in [4.78, 5) is 53.1. The standard InChI is InChI=1S/C23H37NO8/c1-5-8-13-30-19(25)23(20(26)31-14-9-6-2,21(27)32-15-10-7-3)18-16-17(4)11-12-24(18)22(28)29/h18H,4-16H2,1-3H3,(H,28,29). The van der Waals surface area contributed by atoms with Gasteiger partial charge in [-0.2, -0.15) is 0 Å². The fourth-order valence-corrected chi connectivity index (χ4v) is 3.46. The Balaban J connectivity index is 3.54. The van der Waals surface area contributed by atoms with Crippen LogP contribution in [0.25, 0.3) is 0 Å². The van der Waals surface area contributed by atoms with E-state index < -0.39 is 35.5 Å². The molecule has 1 aliphatic heterocycles. The van der Waals surface area contributed by atoms with Crippen LogP contribution in [0.2, 0.25) is 0 Å². The van der Waals surface area contributed by atoms with Crippen LogP contribution in [0, 0.1) is 5.41 Å². The number of carbonyl (C=O) groups excluding carboxylic acids is 3. The van der Waals surface area contributed by atoms with Gasteiger partial charge in [0.05, 0.1) is 25.9 Å². The predicted octanol–water partition coefficient (Wildman–Crippen LogP) is 3.70. The first-order chi connectivity index (χ1) is 15.3. The molecule has 0 aliphatic carbocycles. The summed E-state index contributed by atoms with van der Waals surface area (Å²) in [5.41, 5.74) is -1.95. The zero-order valence-corrected chi connectivity index (χ0v) is 19.5.